The molecule has 54 heavy (non-hydrogen) atoms. The van der Waals surface area contributed by atoms with Crippen molar-refractivity contribution in [1.29, 1.82) is 0 Å². The number of carbonyl (C=O) groups is 1. The Morgan fingerprint density at radius 3 is 2.13 bits per heavy atom. The highest BCUT2D eigenvalue weighted by Gasteiger charge is 2.51. The van der Waals surface area contributed by atoms with Crippen LogP contribution in [0.15, 0.2) is 103 Å². The molecule has 5 atom stereocenters. The molecule has 4 aromatic carbocycles. The van der Waals surface area contributed by atoms with Crippen molar-refractivity contribution in [2.45, 2.75) is 101 Å². The van der Waals surface area contributed by atoms with Gasteiger partial charge in [0.1, 0.15) is 0 Å². The molecule has 4 aromatic rings. The number of carbonyl (C=O) groups excluding carboxylic acids is 1. The number of nitrogens with one attached hydrogen (secondary N) is 2. The van der Waals surface area contributed by atoms with Crippen LogP contribution in [0.4, 0.5) is 4.79 Å². The zero-order valence-electron chi connectivity index (χ0n) is 31.6. The molecule has 1 heterocycles. The Morgan fingerprint density at radius 1 is 0.796 bits per heavy atom. The highest BCUT2D eigenvalue weighted by molar-refractivity contribution is 5.75. The zero-order chi connectivity index (χ0) is 37.2. The molecule has 8 heteroatoms. The van der Waals surface area contributed by atoms with Gasteiger partial charge in [0, 0.05) is 36.7 Å². The summed E-state index contributed by atoms with van der Waals surface area (Å²) in [6, 6.07) is 34.3. The lowest BCUT2D eigenvalue weighted by Crippen LogP contribution is -2.61. The molecular formula is C46H55N3O5. The topological polar surface area (TPSA) is 103 Å². The maximum atomic E-state index is 13.1. The second kappa shape index (κ2) is 16.0. The third kappa shape index (κ3) is 8.28. The van der Waals surface area contributed by atoms with Gasteiger partial charge in [-0.1, -0.05) is 97.1 Å². The minimum absolute atomic E-state index is 0.00201. The number of rotatable bonds is 12. The lowest BCUT2D eigenvalue weighted by molar-refractivity contribution is -0.253. The van der Waals surface area contributed by atoms with E-state index >= 15 is 0 Å². The number of hydrogen-bond acceptors (Lipinski definition) is 6. The molecular weight excluding hydrogens is 675 g/mol. The van der Waals surface area contributed by atoms with E-state index in [2.05, 4.69) is 58.0 Å². The minimum atomic E-state index is -0.626. The van der Waals surface area contributed by atoms with Gasteiger partial charge in [-0.05, 0) is 110 Å². The van der Waals surface area contributed by atoms with E-state index < -0.39 is 12.4 Å². The first-order chi connectivity index (χ1) is 26.2. The third-order valence-electron chi connectivity index (χ3n) is 12.7. The van der Waals surface area contributed by atoms with Crippen molar-refractivity contribution in [3.05, 3.63) is 131 Å². The fraction of sp³-hybridized carbons (Fsp3) is 0.457. The van der Waals surface area contributed by atoms with E-state index in [0.29, 0.717) is 19.5 Å². The molecule has 4 saturated carbocycles. The predicted molar refractivity (Wildman–Crippen MR) is 210 cm³/mol. The summed E-state index contributed by atoms with van der Waals surface area (Å²) < 4.78 is 13.3. The molecule has 9 rings (SSSR count). The monoisotopic (exact) mass is 729 g/mol. The van der Waals surface area contributed by atoms with Gasteiger partial charge in [-0.2, -0.15) is 0 Å². The van der Waals surface area contributed by atoms with Crippen LogP contribution in [0.5, 0.6) is 0 Å². The Kier molecular flexibility index (Phi) is 10.9. The third-order valence-corrected chi connectivity index (χ3v) is 12.7. The van der Waals surface area contributed by atoms with Gasteiger partial charge in [0.05, 0.1) is 24.9 Å². The van der Waals surface area contributed by atoms with E-state index in [4.69, 9.17) is 9.47 Å². The lowest BCUT2D eigenvalue weighted by Gasteiger charge is -2.56. The second-order valence-electron chi connectivity index (χ2n) is 16.7. The van der Waals surface area contributed by atoms with E-state index in [1.807, 2.05) is 74.6 Å². The van der Waals surface area contributed by atoms with E-state index in [1.165, 1.54) is 19.3 Å². The van der Waals surface area contributed by atoms with Gasteiger partial charge in [0.15, 0.2) is 6.29 Å². The molecule has 5 aliphatic rings. The minimum Gasteiger partial charge on any atom is -0.392 e. The van der Waals surface area contributed by atoms with Gasteiger partial charge in [-0.15, -0.1) is 0 Å². The predicted octanol–water partition coefficient (Wildman–Crippen LogP) is 8.21. The van der Waals surface area contributed by atoms with Gasteiger partial charge in [-0.3, -0.25) is 4.90 Å². The van der Waals surface area contributed by atoms with Crippen LogP contribution in [-0.2, 0) is 22.6 Å². The first kappa shape index (κ1) is 36.9. The summed E-state index contributed by atoms with van der Waals surface area (Å²) in [5, 5.41) is 27.3. The number of likely N-dealkylation sites (N-methyl/N-ethyl adjacent to an activating group) is 1. The Morgan fingerprint density at radius 2 is 1.46 bits per heavy atom. The number of nitrogens with zero attached hydrogens (tertiary/aromatic N) is 1. The summed E-state index contributed by atoms with van der Waals surface area (Å²) in [6.07, 6.45) is 6.61. The zero-order valence-corrected chi connectivity index (χ0v) is 31.6. The van der Waals surface area contributed by atoms with Crippen molar-refractivity contribution >= 4 is 6.03 Å². The molecule has 4 aliphatic carbocycles. The summed E-state index contributed by atoms with van der Waals surface area (Å²) in [6.45, 7) is 3.14. The van der Waals surface area contributed by atoms with Crippen LogP contribution in [0.25, 0.3) is 11.1 Å². The van der Waals surface area contributed by atoms with Crippen LogP contribution in [0.2, 0.25) is 0 Å². The number of hydrogen-bond donors (Lipinski definition) is 4. The average Bonchev–Trinajstić information content (AvgIpc) is 3.19. The van der Waals surface area contributed by atoms with Crippen LogP contribution >= 0.6 is 0 Å². The highest BCUT2D eigenvalue weighted by atomic mass is 16.7. The summed E-state index contributed by atoms with van der Waals surface area (Å²) >= 11 is 0. The number of ether oxygens (including phenoxy) is 2. The number of amides is 2. The lowest BCUT2D eigenvalue weighted by atomic mass is 9.53. The Labute approximate surface area is 319 Å². The SMILES string of the molecule is C[C@@H]([C@H](O)c1ccccc1)N(C)C[C@@H]1C[C@H](c2ccc(CO)cc2)O[C@H](c2ccc(-c3cccc(CNC(=O)NC45CC6CC(CC(C6)C4)C5)c3)cc2)O1. The standard InChI is InChI=1S/C46H55N3O5/c1-30(43(51)38-8-4-3-5-9-38)49(2)28-41-23-42(37-13-11-31(29-50)12-14-37)54-44(53-41)39-17-15-36(16-18-39)40-10-6-7-32(22-40)27-47-45(52)48-46-24-33-19-34(25-46)21-35(20-33)26-46/h3-18,22,30,33-35,41-44,50-51H,19-21,23-29H2,1-2H3,(H2,47,48,52)/t30-,33?,34?,35?,41-,42+,43-,44+,46?/m0/s1. The van der Waals surface area contributed by atoms with Crippen molar-refractivity contribution in [1.82, 2.24) is 15.5 Å². The number of benzene rings is 4. The molecule has 0 aromatic heterocycles. The van der Waals surface area contributed by atoms with Crippen LogP contribution in [0.1, 0.15) is 98.2 Å². The summed E-state index contributed by atoms with van der Waals surface area (Å²) in [5.74, 6) is 2.37. The van der Waals surface area contributed by atoms with Crippen molar-refractivity contribution < 1.29 is 24.5 Å². The van der Waals surface area contributed by atoms with Crippen LogP contribution in [0, 0.1) is 17.8 Å². The smallest absolute Gasteiger partial charge is 0.315 e. The van der Waals surface area contributed by atoms with Crippen LogP contribution < -0.4 is 10.6 Å². The number of aliphatic hydroxyl groups excluding tert-OH is 2. The molecule has 5 fully saturated rings. The average molecular weight is 730 g/mol. The maximum Gasteiger partial charge on any atom is 0.315 e. The Hall–Kier alpha value is -4.05. The molecule has 284 valence electrons. The summed E-state index contributed by atoms with van der Waals surface area (Å²) in [7, 11) is 2.03. The molecule has 0 unspecified atom stereocenters. The molecule has 2 amide bonds. The van der Waals surface area contributed by atoms with Gasteiger partial charge in [-0.25, -0.2) is 4.79 Å². The Balaban J connectivity index is 0.926. The van der Waals surface area contributed by atoms with E-state index in [-0.39, 0.29) is 36.4 Å². The highest BCUT2D eigenvalue weighted by Crippen LogP contribution is 2.55. The summed E-state index contributed by atoms with van der Waals surface area (Å²) in [4.78, 5) is 15.3. The van der Waals surface area contributed by atoms with E-state index in [9.17, 15) is 15.0 Å². The normalized spacial score (nSPS) is 28.5. The first-order valence-corrected chi connectivity index (χ1v) is 19.9. The quantitative estimate of drug-likeness (QED) is 0.117. The fourth-order valence-corrected chi connectivity index (χ4v) is 10.1. The second-order valence-corrected chi connectivity index (χ2v) is 16.7. The van der Waals surface area contributed by atoms with Gasteiger partial charge < -0.3 is 30.3 Å². The van der Waals surface area contributed by atoms with E-state index in [1.54, 1.807) is 0 Å². The Bertz CT molecular complexity index is 1830. The molecule has 1 saturated heterocycles. The maximum absolute atomic E-state index is 13.1. The number of aliphatic hydroxyl groups is 2. The largest absolute Gasteiger partial charge is 0.392 e. The van der Waals surface area contributed by atoms with Gasteiger partial charge in [0.25, 0.3) is 0 Å². The van der Waals surface area contributed by atoms with Crippen molar-refractivity contribution in [2.75, 3.05) is 13.6 Å². The van der Waals surface area contributed by atoms with Gasteiger partial charge >= 0.3 is 6.03 Å². The summed E-state index contributed by atoms with van der Waals surface area (Å²) in [5.41, 5.74) is 6.94. The van der Waals surface area contributed by atoms with Crippen molar-refractivity contribution in [3.63, 3.8) is 0 Å². The number of urea groups is 1. The first-order valence-electron chi connectivity index (χ1n) is 19.9. The molecule has 8 nitrogen and oxygen atoms in total. The molecule has 0 radical (unpaired) electrons. The van der Waals surface area contributed by atoms with Crippen LogP contribution in [-0.4, -0.2) is 52.4 Å². The molecule has 4 bridgehead atoms. The van der Waals surface area contributed by atoms with Gasteiger partial charge in [0.2, 0.25) is 0 Å². The molecule has 1 aliphatic heterocycles. The van der Waals surface area contributed by atoms with Crippen molar-refractivity contribution in [3.8, 4) is 11.1 Å². The molecule has 4 N–H and O–H groups in total. The van der Waals surface area contributed by atoms with Crippen molar-refractivity contribution in [2.24, 2.45) is 17.8 Å². The molecule has 0 spiro atoms. The fourth-order valence-electron chi connectivity index (χ4n) is 10.1. The van der Waals surface area contributed by atoms with E-state index in [0.717, 1.165) is 76.0 Å². The van der Waals surface area contributed by atoms with Crippen LogP contribution in [0.3, 0.4) is 0 Å².